The van der Waals surface area contributed by atoms with Crippen molar-refractivity contribution in [3.63, 3.8) is 0 Å². The number of hydrogen-bond acceptors (Lipinski definition) is 2. The lowest BCUT2D eigenvalue weighted by atomic mass is 10.1. The van der Waals surface area contributed by atoms with E-state index in [0.717, 1.165) is 11.1 Å². The van der Waals surface area contributed by atoms with Crippen molar-refractivity contribution in [2.24, 2.45) is 0 Å². The molecule has 0 aliphatic carbocycles. The van der Waals surface area contributed by atoms with E-state index in [1.54, 1.807) is 13.0 Å². The number of hydrogen-bond donors (Lipinski definition) is 0. The van der Waals surface area contributed by atoms with Crippen LogP contribution in [0.3, 0.4) is 0 Å². The van der Waals surface area contributed by atoms with Gasteiger partial charge in [-0.15, -0.1) is 0 Å². The lowest BCUT2D eigenvalue weighted by molar-refractivity contribution is -0.142. The molecule has 0 bridgehead atoms. The van der Waals surface area contributed by atoms with Crippen molar-refractivity contribution >= 4 is 45.1 Å². The quantitative estimate of drug-likeness (QED) is 0.618. The molecular weight excluding hydrogens is 315 g/mol. The number of halogens is 3. The van der Waals surface area contributed by atoms with Gasteiger partial charge < -0.3 is 4.74 Å². The van der Waals surface area contributed by atoms with Gasteiger partial charge in [-0.25, -0.2) is 0 Å². The molecule has 1 aromatic carbocycles. The Hall–Kier alpha value is -0.250. The number of rotatable bonds is 4. The fourth-order valence-electron chi connectivity index (χ4n) is 1.25. The van der Waals surface area contributed by atoms with Crippen molar-refractivity contribution in [2.75, 3.05) is 6.61 Å². The third kappa shape index (κ3) is 3.65. The van der Waals surface area contributed by atoms with Gasteiger partial charge in [0.15, 0.2) is 0 Å². The van der Waals surface area contributed by atoms with Crippen LogP contribution in [-0.4, -0.2) is 12.6 Å². The summed E-state index contributed by atoms with van der Waals surface area (Å²) in [5.74, 6) is -0.285. The first-order valence-electron chi connectivity index (χ1n) is 4.76. The second kappa shape index (κ2) is 6.48. The van der Waals surface area contributed by atoms with Crippen LogP contribution in [0, 0.1) is 0 Å². The molecule has 2 nitrogen and oxygen atoms in total. The minimum absolute atomic E-state index is 0.170. The predicted molar refractivity (Wildman–Crippen MR) is 69.4 cm³/mol. The summed E-state index contributed by atoms with van der Waals surface area (Å²) >= 11 is 15.3. The molecule has 16 heavy (non-hydrogen) atoms. The van der Waals surface area contributed by atoms with Crippen molar-refractivity contribution in [3.8, 4) is 0 Å². The van der Waals surface area contributed by atoms with Gasteiger partial charge in [-0.1, -0.05) is 45.2 Å². The summed E-state index contributed by atoms with van der Waals surface area (Å²) in [6.07, 6.45) is 0.170. The summed E-state index contributed by atoms with van der Waals surface area (Å²) in [4.78, 5) is 11.3. The third-order valence-electron chi connectivity index (χ3n) is 2.00. The molecule has 0 spiro atoms. The molecule has 0 saturated heterocycles. The van der Waals surface area contributed by atoms with Crippen LogP contribution in [0.1, 0.15) is 18.1 Å². The molecule has 5 heteroatoms. The molecular formula is C11H11BrCl2O2. The Morgan fingerprint density at radius 1 is 1.31 bits per heavy atom. The van der Waals surface area contributed by atoms with E-state index < -0.39 is 0 Å². The molecule has 0 fully saturated rings. The van der Waals surface area contributed by atoms with Crippen molar-refractivity contribution in [2.45, 2.75) is 18.7 Å². The Labute approximate surface area is 113 Å². The zero-order valence-corrected chi connectivity index (χ0v) is 11.8. The first kappa shape index (κ1) is 13.8. The van der Waals surface area contributed by atoms with Gasteiger partial charge in [0.1, 0.15) is 0 Å². The first-order valence-corrected chi connectivity index (χ1v) is 6.64. The average Bonchev–Trinajstić information content (AvgIpc) is 2.22. The summed E-state index contributed by atoms with van der Waals surface area (Å²) in [6, 6.07) is 3.46. The Bertz CT molecular complexity index is 394. The summed E-state index contributed by atoms with van der Waals surface area (Å²) in [5, 5.41) is 1.70. The van der Waals surface area contributed by atoms with Gasteiger partial charge in [0.05, 0.1) is 13.0 Å². The molecule has 88 valence electrons. The summed E-state index contributed by atoms with van der Waals surface area (Å²) in [6.45, 7) is 2.14. The number of carbonyl (C=O) groups is 1. The fraction of sp³-hybridized carbons (Fsp3) is 0.364. The Morgan fingerprint density at radius 3 is 2.50 bits per heavy atom. The van der Waals surface area contributed by atoms with E-state index in [1.165, 1.54) is 0 Å². The van der Waals surface area contributed by atoms with Crippen LogP contribution in [0.15, 0.2) is 12.1 Å². The lowest BCUT2D eigenvalue weighted by Gasteiger charge is -2.08. The van der Waals surface area contributed by atoms with Crippen LogP contribution >= 0.6 is 39.1 Å². The first-order chi connectivity index (χ1) is 7.58. The highest BCUT2D eigenvalue weighted by molar-refractivity contribution is 9.08. The molecule has 0 heterocycles. The highest BCUT2D eigenvalue weighted by Gasteiger charge is 2.11. The largest absolute Gasteiger partial charge is 0.466 e. The number of esters is 1. The van der Waals surface area contributed by atoms with E-state index in [0.29, 0.717) is 22.0 Å². The second-order valence-corrected chi connectivity index (χ2v) is 4.53. The van der Waals surface area contributed by atoms with Crippen molar-refractivity contribution in [1.29, 1.82) is 0 Å². The fourth-order valence-corrected chi connectivity index (χ4v) is 2.39. The molecule has 0 atom stereocenters. The number of carbonyl (C=O) groups excluding carboxylic acids is 1. The van der Waals surface area contributed by atoms with Crippen LogP contribution in [-0.2, 0) is 21.3 Å². The summed E-state index contributed by atoms with van der Waals surface area (Å²) in [7, 11) is 0. The molecule has 0 aromatic heterocycles. The Balaban J connectivity index is 2.91. The molecule has 0 amide bonds. The highest BCUT2D eigenvalue weighted by Crippen LogP contribution is 2.27. The molecule has 0 saturated carbocycles. The normalized spacial score (nSPS) is 10.2. The SMILES string of the molecule is CCOC(=O)Cc1cc(CBr)c(Cl)cc1Cl. The molecule has 0 unspecified atom stereocenters. The molecule has 1 rings (SSSR count). The van der Waals surface area contributed by atoms with E-state index in [4.69, 9.17) is 27.9 Å². The minimum Gasteiger partial charge on any atom is -0.466 e. The Morgan fingerprint density at radius 2 is 1.94 bits per heavy atom. The van der Waals surface area contributed by atoms with Crippen LogP contribution in [0.4, 0.5) is 0 Å². The lowest BCUT2D eigenvalue weighted by Crippen LogP contribution is -2.08. The van der Waals surface area contributed by atoms with E-state index in [-0.39, 0.29) is 12.4 Å². The van der Waals surface area contributed by atoms with Gasteiger partial charge >= 0.3 is 5.97 Å². The van der Waals surface area contributed by atoms with Crippen LogP contribution in [0.25, 0.3) is 0 Å². The number of alkyl halides is 1. The van der Waals surface area contributed by atoms with Gasteiger partial charge in [-0.3, -0.25) is 4.79 Å². The van der Waals surface area contributed by atoms with Crippen molar-refractivity contribution < 1.29 is 9.53 Å². The topological polar surface area (TPSA) is 26.3 Å². The second-order valence-electron chi connectivity index (χ2n) is 3.15. The minimum atomic E-state index is -0.285. The zero-order valence-electron chi connectivity index (χ0n) is 8.73. The van der Waals surface area contributed by atoms with Crippen molar-refractivity contribution in [1.82, 2.24) is 0 Å². The van der Waals surface area contributed by atoms with E-state index in [2.05, 4.69) is 15.9 Å². The molecule has 0 radical (unpaired) electrons. The van der Waals surface area contributed by atoms with Gasteiger partial charge in [0.25, 0.3) is 0 Å². The number of ether oxygens (including phenoxy) is 1. The van der Waals surface area contributed by atoms with Crippen LogP contribution in [0.5, 0.6) is 0 Å². The monoisotopic (exact) mass is 324 g/mol. The van der Waals surface area contributed by atoms with Gasteiger partial charge in [0.2, 0.25) is 0 Å². The molecule has 0 N–H and O–H groups in total. The van der Waals surface area contributed by atoms with Gasteiger partial charge in [-0.05, 0) is 24.1 Å². The predicted octanol–water partition coefficient (Wildman–Crippen LogP) is 3.99. The van der Waals surface area contributed by atoms with Crippen molar-refractivity contribution in [3.05, 3.63) is 33.3 Å². The maximum Gasteiger partial charge on any atom is 0.310 e. The molecule has 0 aliphatic rings. The number of benzene rings is 1. The maximum absolute atomic E-state index is 11.3. The molecule has 0 aliphatic heterocycles. The van der Waals surface area contributed by atoms with Gasteiger partial charge in [0, 0.05) is 15.4 Å². The summed E-state index contributed by atoms with van der Waals surface area (Å²) < 4.78 is 4.86. The standard InChI is InChI=1S/C11H11BrCl2O2/c1-2-16-11(15)4-7-3-8(6-12)10(14)5-9(7)13/h3,5H,2,4,6H2,1H3. The molecule has 1 aromatic rings. The highest BCUT2D eigenvalue weighted by atomic mass is 79.9. The van der Waals surface area contributed by atoms with Crippen LogP contribution in [0.2, 0.25) is 10.0 Å². The summed E-state index contributed by atoms with van der Waals surface area (Å²) in [5.41, 5.74) is 1.64. The van der Waals surface area contributed by atoms with Crippen LogP contribution < -0.4 is 0 Å². The zero-order chi connectivity index (χ0) is 12.1. The maximum atomic E-state index is 11.3. The van der Waals surface area contributed by atoms with Gasteiger partial charge in [-0.2, -0.15) is 0 Å². The van der Waals surface area contributed by atoms with E-state index in [1.807, 2.05) is 6.07 Å². The smallest absolute Gasteiger partial charge is 0.310 e. The average molecular weight is 326 g/mol. The van der Waals surface area contributed by atoms with E-state index >= 15 is 0 Å². The Kier molecular flexibility index (Phi) is 5.59. The third-order valence-corrected chi connectivity index (χ3v) is 3.31. The van der Waals surface area contributed by atoms with E-state index in [9.17, 15) is 4.79 Å².